The molecule has 0 fully saturated rings. The number of guanidine groups is 2. The predicted octanol–water partition coefficient (Wildman–Crippen LogP) is -1.70. The molecule has 0 spiro atoms. The smallest absolute Gasteiger partial charge is 0.225 e. The number of aliphatic imine (C=N–C) groups is 2. The van der Waals surface area contributed by atoms with Crippen LogP contribution in [0, 0.1) is 11.8 Å². The van der Waals surface area contributed by atoms with Gasteiger partial charge in [-0.15, -0.1) is 0 Å². The van der Waals surface area contributed by atoms with Crippen LogP contribution in [-0.2, 0) is 14.3 Å². The number of hydrogen-bond acceptors (Lipinski definition) is 9. The maximum atomic E-state index is 12.7. The van der Waals surface area contributed by atoms with Gasteiger partial charge in [0.15, 0.2) is 11.9 Å². The molecule has 258 valence electrons. The number of amides is 2. The molecule has 15 heteroatoms. The molecule has 3 atom stereocenters. The van der Waals surface area contributed by atoms with E-state index in [4.69, 9.17) is 39.1 Å². The Kier molecular flexibility index (Phi) is 25.0. The molecule has 0 radical (unpaired) electrons. The largest absolute Gasteiger partial charge is 0.383 e. The molecule has 0 saturated heterocycles. The molecule has 0 heterocycles. The van der Waals surface area contributed by atoms with E-state index in [2.05, 4.69) is 37.3 Å². The van der Waals surface area contributed by atoms with Gasteiger partial charge in [-0.2, -0.15) is 0 Å². The zero-order chi connectivity index (χ0) is 33.2. The summed E-state index contributed by atoms with van der Waals surface area (Å²) in [6.45, 7) is 9.19. The minimum absolute atomic E-state index is 0.0236. The van der Waals surface area contributed by atoms with Crippen molar-refractivity contribution in [1.29, 1.82) is 0 Å². The summed E-state index contributed by atoms with van der Waals surface area (Å²) in [5.74, 6) is 0.137. The molecule has 44 heavy (non-hydrogen) atoms. The van der Waals surface area contributed by atoms with Crippen molar-refractivity contribution in [2.24, 2.45) is 56.2 Å². The third-order valence-corrected chi connectivity index (χ3v) is 7.48. The van der Waals surface area contributed by atoms with Crippen LogP contribution in [0.25, 0.3) is 0 Å². The Bertz CT molecular complexity index is 806. The van der Waals surface area contributed by atoms with Crippen LogP contribution < -0.4 is 45.0 Å². The fourth-order valence-electron chi connectivity index (χ4n) is 4.67. The Morgan fingerprint density at radius 2 is 1.43 bits per heavy atom. The van der Waals surface area contributed by atoms with Crippen LogP contribution in [0.3, 0.4) is 0 Å². The second-order valence-corrected chi connectivity index (χ2v) is 11.5. The van der Waals surface area contributed by atoms with E-state index in [0.717, 1.165) is 71.1 Å². The van der Waals surface area contributed by atoms with Gasteiger partial charge in [-0.05, 0) is 71.1 Å². The summed E-state index contributed by atoms with van der Waals surface area (Å²) in [6, 6.07) is -0.187. The van der Waals surface area contributed by atoms with E-state index in [-0.39, 0.29) is 41.6 Å². The van der Waals surface area contributed by atoms with E-state index in [1.807, 2.05) is 7.05 Å². The summed E-state index contributed by atoms with van der Waals surface area (Å²) in [5, 5.41) is 6.04. The first-order valence-electron chi connectivity index (χ1n) is 16.0. The molecule has 2 amide bonds. The number of methoxy groups -OCH3 is 1. The normalized spacial score (nSPS) is 13.3. The van der Waals surface area contributed by atoms with Gasteiger partial charge in [0.2, 0.25) is 11.8 Å². The number of nitrogens with one attached hydrogen (secondary N) is 2. The van der Waals surface area contributed by atoms with Gasteiger partial charge in [-0.1, -0.05) is 13.3 Å². The van der Waals surface area contributed by atoms with E-state index < -0.39 is 0 Å². The van der Waals surface area contributed by atoms with Crippen molar-refractivity contribution >= 4 is 23.7 Å². The van der Waals surface area contributed by atoms with Crippen molar-refractivity contribution in [2.45, 2.75) is 64.3 Å². The van der Waals surface area contributed by atoms with E-state index in [1.54, 1.807) is 7.11 Å². The lowest BCUT2D eigenvalue weighted by atomic mass is 9.94. The van der Waals surface area contributed by atoms with Gasteiger partial charge >= 0.3 is 0 Å². The van der Waals surface area contributed by atoms with Gasteiger partial charge in [0, 0.05) is 65.4 Å². The minimum Gasteiger partial charge on any atom is -0.383 e. The topological polar surface area (TPSA) is 255 Å². The van der Waals surface area contributed by atoms with Gasteiger partial charge < -0.3 is 59.6 Å². The van der Waals surface area contributed by atoms with E-state index in [9.17, 15) is 9.59 Å². The summed E-state index contributed by atoms with van der Waals surface area (Å²) in [5.41, 5.74) is 33.5. The lowest BCUT2D eigenvalue weighted by molar-refractivity contribution is -0.125. The molecule has 0 rings (SSSR count). The van der Waals surface area contributed by atoms with Gasteiger partial charge in [-0.25, -0.2) is 0 Å². The highest BCUT2D eigenvalue weighted by Gasteiger charge is 2.19. The van der Waals surface area contributed by atoms with Crippen LogP contribution in [0.2, 0.25) is 0 Å². The molecule has 0 aromatic carbocycles. The monoisotopic (exact) mass is 629 g/mol. The summed E-state index contributed by atoms with van der Waals surface area (Å²) in [7, 11) is 3.67. The van der Waals surface area contributed by atoms with Crippen LogP contribution in [0.1, 0.15) is 58.3 Å². The molecular formula is C29H64N12O3. The summed E-state index contributed by atoms with van der Waals surface area (Å²) in [6.07, 6.45) is 6.52. The zero-order valence-corrected chi connectivity index (χ0v) is 27.6. The fraction of sp³-hybridized carbons (Fsp3) is 0.862. The van der Waals surface area contributed by atoms with Crippen LogP contribution in [0.15, 0.2) is 9.98 Å². The van der Waals surface area contributed by atoms with Crippen molar-refractivity contribution in [1.82, 2.24) is 20.4 Å². The standard InChI is InChI=1S/C29H64N12O3/c1-23(10-4-5-11-38-28(32)33)25(31)20-26(42)36-13-8-16-41(18-19-44-3)17-9-14-37-27(43)24(21-30)22-40(2)15-7-6-12-39-29(34)35/h23-25H,4-22,30-31H2,1-3H3,(H,36,42)(H,37,43)(H4,32,33,38)(H4,34,35,39). The highest BCUT2D eigenvalue weighted by Crippen LogP contribution is 2.13. The number of ether oxygens (including phenoxy) is 1. The average molecular weight is 629 g/mol. The second kappa shape index (κ2) is 26.7. The molecular weight excluding hydrogens is 564 g/mol. The third kappa shape index (κ3) is 23.7. The highest BCUT2D eigenvalue weighted by molar-refractivity contribution is 5.79. The molecule has 0 aliphatic carbocycles. The molecule has 0 saturated carbocycles. The van der Waals surface area contributed by atoms with E-state index in [0.29, 0.717) is 52.3 Å². The molecule has 3 unspecified atom stereocenters. The molecule has 0 aromatic rings. The number of nitrogens with zero attached hydrogens (tertiary/aromatic N) is 4. The number of unbranched alkanes of at least 4 members (excludes halogenated alkanes) is 2. The highest BCUT2D eigenvalue weighted by atomic mass is 16.5. The lowest BCUT2D eigenvalue weighted by Crippen LogP contribution is -2.42. The van der Waals surface area contributed by atoms with Crippen LogP contribution >= 0.6 is 0 Å². The molecule has 15 nitrogen and oxygen atoms in total. The quantitative estimate of drug-likeness (QED) is 0.0275. The second-order valence-electron chi connectivity index (χ2n) is 11.5. The van der Waals surface area contributed by atoms with Crippen LogP contribution in [-0.4, -0.2) is 126 Å². The Labute approximate surface area is 265 Å². The Hall–Kier alpha value is -2.72. The van der Waals surface area contributed by atoms with Gasteiger partial charge in [0.05, 0.1) is 12.5 Å². The maximum Gasteiger partial charge on any atom is 0.225 e. The summed E-state index contributed by atoms with van der Waals surface area (Å²) >= 11 is 0. The number of carbonyl (C=O) groups excluding carboxylic acids is 2. The van der Waals surface area contributed by atoms with Crippen molar-refractivity contribution in [3.63, 3.8) is 0 Å². The molecule has 0 aliphatic rings. The molecule has 14 N–H and O–H groups in total. The van der Waals surface area contributed by atoms with Crippen LogP contribution in [0.4, 0.5) is 0 Å². The van der Waals surface area contributed by atoms with E-state index >= 15 is 0 Å². The summed E-state index contributed by atoms with van der Waals surface area (Å²) in [4.78, 5) is 37.5. The van der Waals surface area contributed by atoms with E-state index in [1.165, 1.54) is 0 Å². The number of hydrogen-bond donors (Lipinski definition) is 8. The van der Waals surface area contributed by atoms with Crippen molar-refractivity contribution in [3.8, 4) is 0 Å². The molecule has 0 bridgehead atoms. The molecule has 0 aliphatic heterocycles. The fourth-order valence-corrected chi connectivity index (χ4v) is 4.67. The number of rotatable bonds is 28. The van der Waals surface area contributed by atoms with Gasteiger partial charge in [-0.3, -0.25) is 19.6 Å². The SMILES string of the molecule is COCCN(CCCNC(=O)CC(N)C(C)CCCCN=C(N)N)CCCNC(=O)C(CN)CN(C)CCCCN=C(N)N. The first kappa shape index (κ1) is 41.3. The minimum atomic E-state index is -0.266. The zero-order valence-electron chi connectivity index (χ0n) is 27.6. The first-order chi connectivity index (χ1) is 21.0. The number of nitrogens with two attached hydrogens (primary N) is 6. The van der Waals surface area contributed by atoms with Crippen molar-refractivity contribution in [3.05, 3.63) is 0 Å². The lowest BCUT2D eigenvalue weighted by Gasteiger charge is -2.24. The van der Waals surface area contributed by atoms with Crippen LogP contribution in [0.5, 0.6) is 0 Å². The number of carbonyl (C=O) groups is 2. The maximum absolute atomic E-state index is 12.7. The summed E-state index contributed by atoms with van der Waals surface area (Å²) < 4.78 is 5.27. The van der Waals surface area contributed by atoms with Crippen molar-refractivity contribution < 1.29 is 14.3 Å². The average Bonchev–Trinajstić information content (AvgIpc) is 2.97. The van der Waals surface area contributed by atoms with Gasteiger partial charge in [0.1, 0.15) is 0 Å². The Morgan fingerprint density at radius 3 is 2.00 bits per heavy atom. The third-order valence-electron chi connectivity index (χ3n) is 7.48. The first-order valence-corrected chi connectivity index (χ1v) is 16.0. The Morgan fingerprint density at radius 1 is 0.841 bits per heavy atom. The predicted molar refractivity (Wildman–Crippen MR) is 180 cm³/mol. The van der Waals surface area contributed by atoms with Gasteiger partial charge in [0.25, 0.3) is 0 Å². The van der Waals surface area contributed by atoms with Crippen molar-refractivity contribution in [2.75, 3.05) is 86.2 Å². The molecule has 0 aromatic heterocycles. The Balaban J connectivity index is 4.29.